The molecule has 0 atom stereocenters. The normalized spacial score (nSPS) is 14.9. The Morgan fingerprint density at radius 2 is 2.17 bits per heavy atom. The summed E-state index contributed by atoms with van der Waals surface area (Å²) >= 11 is 0. The molecular weight excluding hydrogens is 328 g/mol. The molecule has 0 saturated carbocycles. The van der Waals surface area contributed by atoms with E-state index in [4.69, 9.17) is 0 Å². The second-order valence-corrected chi connectivity index (χ2v) is 5.78. The Hall–Kier alpha value is -1.99. The smallest absolute Gasteiger partial charge is 0.254 e. The first-order valence-corrected chi connectivity index (χ1v) is 8.14. The minimum atomic E-state index is 0. The number of rotatable bonds is 5. The molecule has 1 saturated heterocycles. The van der Waals surface area contributed by atoms with Gasteiger partial charge in [0.2, 0.25) is 0 Å². The number of hydrogen-bond donors (Lipinski definition) is 1. The van der Waals surface area contributed by atoms with Crippen LogP contribution in [0.2, 0.25) is 0 Å². The quantitative estimate of drug-likeness (QED) is 0.888. The van der Waals surface area contributed by atoms with E-state index < -0.39 is 0 Å². The number of aromatic nitrogens is 4. The molecular formula is C16H23ClN6O. The predicted molar refractivity (Wildman–Crippen MR) is 93.6 cm³/mol. The first-order chi connectivity index (χ1) is 11.3. The molecule has 1 fully saturated rings. The number of hydrogen-bond acceptors (Lipinski definition) is 5. The molecule has 0 unspecified atom stereocenters. The third-order valence-corrected chi connectivity index (χ3v) is 4.18. The van der Waals surface area contributed by atoms with E-state index in [2.05, 4.69) is 27.8 Å². The molecule has 7 nitrogen and oxygen atoms in total. The van der Waals surface area contributed by atoms with Gasteiger partial charge in [0.05, 0.1) is 5.69 Å². The zero-order valence-corrected chi connectivity index (χ0v) is 14.6. The molecule has 8 heteroatoms. The van der Waals surface area contributed by atoms with E-state index in [0.29, 0.717) is 11.6 Å². The summed E-state index contributed by atoms with van der Waals surface area (Å²) in [6.45, 7) is 4.85. The number of carbonyl (C=O) groups is 1. The minimum absolute atomic E-state index is 0. The lowest BCUT2D eigenvalue weighted by molar-refractivity contribution is 0.0642. The van der Waals surface area contributed by atoms with E-state index in [1.807, 2.05) is 29.2 Å². The number of carbonyl (C=O) groups excluding carboxylic acids is 1. The molecule has 0 spiro atoms. The SMILES string of the molecule is CCCN(C(=O)c1cccc(-n2cnnn2)c1)C1CCNCC1.Cl. The lowest BCUT2D eigenvalue weighted by Crippen LogP contribution is -2.46. The highest BCUT2D eigenvalue weighted by Crippen LogP contribution is 2.18. The van der Waals surface area contributed by atoms with Crippen molar-refractivity contribution in [2.24, 2.45) is 0 Å². The minimum Gasteiger partial charge on any atom is -0.336 e. The van der Waals surface area contributed by atoms with E-state index in [9.17, 15) is 4.79 Å². The third kappa shape index (κ3) is 4.10. The first-order valence-electron chi connectivity index (χ1n) is 8.14. The molecule has 1 aromatic carbocycles. The fourth-order valence-corrected chi connectivity index (χ4v) is 3.04. The molecule has 1 aromatic heterocycles. The number of amides is 1. The number of halogens is 1. The van der Waals surface area contributed by atoms with Gasteiger partial charge in [-0.3, -0.25) is 4.79 Å². The second-order valence-electron chi connectivity index (χ2n) is 5.78. The fraction of sp³-hybridized carbons (Fsp3) is 0.500. The second kappa shape index (κ2) is 8.75. The summed E-state index contributed by atoms with van der Waals surface area (Å²) in [4.78, 5) is 15.0. The standard InChI is InChI=1S/C16H22N6O.ClH/c1-2-10-21(14-6-8-17-9-7-14)16(23)13-4-3-5-15(11-13)22-12-18-19-20-22;/h3-5,11-12,14,17H,2,6-10H2,1H3;1H. The zero-order valence-electron chi connectivity index (χ0n) is 13.8. The van der Waals surface area contributed by atoms with Crippen molar-refractivity contribution < 1.29 is 4.79 Å². The molecule has 1 N–H and O–H groups in total. The van der Waals surface area contributed by atoms with Gasteiger partial charge < -0.3 is 10.2 Å². The third-order valence-electron chi connectivity index (χ3n) is 4.18. The van der Waals surface area contributed by atoms with E-state index >= 15 is 0 Å². The van der Waals surface area contributed by atoms with Gasteiger partial charge in [0.25, 0.3) is 5.91 Å². The zero-order chi connectivity index (χ0) is 16.1. The maximum atomic E-state index is 13.0. The van der Waals surface area contributed by atoms with Gasteiger partial charge in [-0.05, 0) is 61.0 Å². The molecule has 1 aliphatic heterocycles. The lowest BCUT2D eigenvalue weighted by Gasteiger charge is -2.34. The summed E-state index contributed by atoms with van der Waals surface area (Å²) in [5.41, 5.74) is 1.48. The summed E-state index contributed by atoms with van der Waals surface area (Å²) in [6, 6.07) is 7.79. The van der Waals surface area contributed by atoms with Gasteiger partial charge in [-0.15, -0.1) is 17.5 Å². The maximum absolute atomic E-state index is 13.0. The van der Waals surface area contributed by atoms with Crippen LogP contribution >= 0.6 is 12.4 Å². The van der Waals surface area contributed by atoms with Crippen molar-refractivity contribution in [1.82, 2.24) is 30.4 Å². The Bertz CT molecular complexity index is 642. The average molecular weight is 351 g/mol. The number of benzene rings is 1. The van der Waals surface area contributed by atoms with Crippen LogP contribution in [0.5, 0.6) is 0 Å². The molecule has 130 valence electrons. The van der Waals surface area contributed by atoms with Gasteiger partial charge >= 0.3 is 0 Å². The van der Waals surface area contributed by atoms with E-state index in [1.165, 1.54) is 6.33 Å². The van der Waals surface area contributed by atoms with Crippen LogP contribution in [0.15, 0.2) is 30.6 Å². The Balaban J connectivity index is 0.00000208. The molecule has 2 heterocycles. The fourth-order valence-electron chi connectivity index (χ4n) is 3.04. The van der Waals surface area contributed by atoms with Crippen LogP contribution < -0.4 is 5.32 Å². The summed E-state index contributed by atoms with van der Waals surface area (Å²) in [5.74, 6) is 0.0914. The van der Waals surface area contributed by atoms with Crippen molar-refractivity contribution in [2.75, 3.05) is 19.6 Å². The topological polar surface area (TPSA) is 75.9 Å². The number of nitrogens with zero attached hydrogens (tertiary/aromatic N) is 5. The highest BCUT2D eigenvalue weighted by Gasteiger charge is 2.25. The van der Waals surface area contributed by atoms with E-state index in [-0.39, 0.29) is 18.3 Å². The van der Waals surface area contributed by atoms with Crippen LogP contribution in [0.25, 0.3) is 5.69 Å². The highest BCUT2D eigenvalue weighted by molar-refractivity contribution is 5.95. The molecule has 0 aliphatic carbocycles. The van der Waals surface area contributed by atoms with E-state index in [0.717, 1.165) is 44.6 Å². The van der Waals surface area contributed by atoms with Crippen LogP contribution in [0.4, 0.5) is 0 Å². The molecule has 1 aliphatic rings. The average Bonchev–Trinajstić information content (AvgIpc) is 3.15. The molecule has 24 heavy (non-hydrogen) atoms. The van der Waals surface area contributed by atoms with Crippen LogP contribution in [-0.2, 0) is 0 Å². The van der Waals surface area contributed by atoms with Crippen molar-refractivity contribution in [1.29, 1.82) is 0 Å². The summed E-state index contributed by atoms with van der Waals surface area (Å²) in [5, 5.41) is 14.5. The van der Waals surface area contributed by atoms with Crippen LogP contribution in [-0.4, -0.2) is 56.7 Å². The highest BCUT2D eigenvalue weighted by atomic mass is 35.5. The Morgan fingerprint density at radius 3 is 2.83 bits per heavy atom. The van der Waals surface area contributed by atoms with Gasteiger partial charge in [-0.2, -0.15) is 0 Å². The Morgan fingerprint density at radius 1 is 1.38 bits per heavy atom. The van der Waals surface area contributed by atoms with Crippen LogP contribution in [0.1, 0.15) is 36.5 Å². The molecule has 3 rings (SSSR count). The Labute approximate surface area is 147 Å². The van der Waals surface area contributed by atoms with Crippen molar-refractivity contribution in [2.45, 2.75) is 32.2 Å². The summed E-state index contributed by atoms with van der Waals surface area (Å²) in [7, 11) is 0. The lowest BCUT2D eigenvalue weighted by atomic mass is 10.0. The van der Waals surface area contributed by atoms with Gasteiger partial charge in [0.15, 0.2) is 0 Å². The Kier molecular flexibility index (Phi) is 6.69. The molecule has 1 amide bonds. The van der Waals surface area contributed by atoms with Crippen LogP contribution in [0.3, 0.4) is 0 Å². The molecule has 0 radical (unpaired) electrons. The van der Waals surface area contributed by atoms with Gasteiger partial charge in [0, 0.05) is 18.2 Å². The van der Waals surface area contributed by atoms with Gasteiger partial charge in [-0.1, -0.05) is 13.0 Å². The summed E-state index contributed by atoms with van der Waals surface area (Å²) in [6.07, 6.45) is 4.51. The summed E-state index contributed by atoms with van der Waals surface area (Å²) < 4.78 is 1.56. The monoisotopic (exact) mass is 350 g/mol. The first kappa shape index (κ1) is 18.4. The van der Waals surface area contributed by atoms with Crippen LogP contribution in [0, 0.1) is 0 Å². The predicted octanol–water partition coefficient (Wildman–Crippen LogP) is 1.69. The maximum Gasteiger partial charge on any atom is 0.254 e. The molecule has 2 aromatic rings. The molecule has 0 bridgehead atoms. The number of nitrogens with one attached hydrogen (secondary N) is 1. The van der Waals surface area contributed by atoms with E-state index in [1.54, 1.807) is 4.68 Å². The van der Waals surface area contributed by atoms with Crippen molar-refractivity contribution >= 4 is 18.3 Å². The number of piperidine rings is 1. The van der Waals surface area contributed by atoms with Crippen molar-refractivity contribution in [3.8, 4) is 5.69 Å². The van der Waals surface area contributed by atoms with Gasteiger partial charge in [-0.25, -0.2) is 4.68 Å². The van der Waals surface area contributed by atoms with Crippen molar-refractivity contribution in [3.63, 3.8) is 0 Å². The van der Waals surface area contributed by atoms with Crippen molar-refractivity contribution in [3.05, 3.63) is 36.2 Å². The van der Waals surface area contributed by atoms with Gasteiger partial charge in [0.1, 0.15) is 6.33 Å². The number of tetrazole rings is 1. The largest absolute Gasteiger partial charge is 0.336 e.